The van der Waals surface area contributed by atoms with E-state index in [1.807, 2.05) is 4.90 Å². The fourth-order valence-corrected chi connectivity index (χ4v) is 3.65. The summed E-state index contributed by atoms with van der Waals surface area (Å²) < 4.78 is 13.3. The van der Waals surface area contributed by atoms with Gasteiger partial charge in [-0.2, -0.15) is 0 Å². The van der Waals surface area contributed by atoms with E-state index in [9.17, 15) is 9.50 Å². The minimum atomic E-state index is -0.337. The summed E-state index contributed by atoms with van der Waals surface area (Å²) in [6, 6.07) is 4.65. The molecular formula is C17H19FN4O. The van der Waals surface area contributed by atoms with Crippen LogP contribution in [-0.4, -0.2) is 38.4 Å². The van der Waals surface area contributed by atoms with Crippen LogP contribution >= 0.6 is 0 Å². The zero-order valence-electron chi connectivity index (χ0n) is 12.8. The van der Waals surface area contributed by atoms with Gasteiger partial charge in [0.15, 0.2) is 0 Å². The number of aliphatic hydroxyl groups excluding tert-OH is 1. The van der Waals surface area contributed by atoms with Crippen LogP contribution in [0.1, 0.15) is 37.9 Å². The number of hydrogen-bond acceptors (Lipinski definition) is 3. The van der Waals surface area contributed by atoms with Crippen LogP contribution in [0.15, 0.2) is 24.0 Å². The standard InChI is InChI=1S/C17H19FN4O/c18-10-6-7-12-13(8-10)21-17(20-12)15-14(23)9-22(16(15)19)11-4-2-1-3-5-11/h6-8,11,19,23H,1-5,9H2,(H,20,21). The van der Waals surface area contributed by atoms with Crippen molar-refractivity contribution in [2.24, 2.45) is 0 Å². The lowest BCUT2D eigenvalue weighted by Gasteiger charge is -2.32. The number of hydrogen-bond donors (Lipinski definition) is 3. The third-order valence-electron chi connectivity index (χ3n) is 4.83. The summed E-state index contributed by atoms with van der Waals surface area (Å²) in [5, 5.41) is 18.8. The van der Waals surface area contributed by atoms with Crippen molar-refractivity contribution in [3.8, 4) is 0 Å². The maximum atomic E-state index is 13.3. The molecule has 2 aliphatic rings. The van der Waals surface area contributed by atoms with Gasteiger partial charge in [0.05, 0.1) is 23.2 Å². The van der Waals surface area contributed by atoms with E-state index < -0.39 is 0 Å². The van der Waals surface area contributed by atoms with E-state index in [0.717, 1.165) is 12.8 Å². The Bertz CT molecular complexity index is 804. The maximum Gasteiger partial charge on any atom is 0.145 e. The van der Waals surface area contributed by atoms with Crippen LogP contribution in [-0.2, 0) is 0 Å². The molecule has 1 fully saturated rings. The Balaban J connectivity index is 1.66. The fourth-order valence-electron chi connectivity index (χ4n) is 3.65. The molecule has 0 spiro atoms. The molecule has 2 aromatic rings. The van der Waals surface area contributed by atoms with Crippen LogP contribution in [0.2, 0.25) is 0 Å². The summed E-state index contributed by atoms with van der Waals surface area (Å²) in [5.41, 5.74) is 1.64. The van der Waals surface area contributed by atoms with Gasteiger partial charge in [-0.1, -0.05) is 19.3 Å². The Morgan fingerprint density at radius 3 is 2.83 bits per heavy atom. The molecule has 0 atom stereocenters. The Morgan fingerprint density at radius 1 is 1.26 bits per heavy atom. The highest BCUT2D eigenvalue weighted by atomic mass is 19.1. The zero-order chi connectivity index (χ0) is 16.0. The Morgan fingerprint density at radius 2 is 2.04 bits per heavy atom. The first-order valence-electron chi connectivity index (χ1n) is 8.07. The van der Waals surface area contributed by atoms with E-state index in [2.05, 4.69) is 9.97 Å². The van der Waals surface area contributed by atoms with Crippen LogP contribution in [0.25, 0.3) is 16.6 Å². The van der Waals surface area contributed by atoms with Crippen molar-refractivity contribution >= 4 is 22.4 Å². The van der Waals surface area contributed by atoms with Gasteiger partial charge in [0, 0.05) is 6.04 Å². The van der Waals surface area contributed by atoms with E-state index in [4.69, 9.17) is 5.41 Å². The van der Waals surface area contributed by atoms with Gasteiger partial charge in [-0.15, -0.1) is 0 Å². The molecule has 1 aromatic heterocycles. The summed E-state index contributed by atoms with van der Waals surface area (Å²) in [4.78, 5) is 9.40. The van der Waals surface area contributed by atoms with Gasteiger partial charge >= 0.3 is 0 Å². The molecule has 120 valence electrons. The predicted octanol–water partition coefficient (Wildman–Crippen LogP) is 3.60. The largest absolute Gasteiger partial charge is 0.510 e. The van der Waals surface area contributed by atoms with Crippen molar-refractivity contribution in [1.82, 2.24) is 14.9 Å². The van der Waals surface area contributed by atoms with Crippen LogP contribution in [0, 0.1) is 11.2 Å². The number of aliphatic hydroxyl groups is 1. The molecule has 0 unspecified atom stereocenters. The highest BCUT2D eigenvalue weighted by Crippen LogP contribution is 2.32. The first kappa shape index (κ1) is 14.2. The van der Waals surface area contributed by atoms with E-state index in [1.54, 1.807) is 6.07 Å². The number of halogens is 1. The van der Waals surface area contributed by atoms with Crippen LogP contribution in [0.5, 0.6) is 0 Å². The maximum absolute atomic E-state index is 13.3. The summed E-state index contributed by atoms with van der Waals surface area (Å²) in [7, 11) is 0. The molecular weight excluding hydrogens is 295 g/mol. The lowest BCUT2D eigenvalue weighted by Crippen LogP contribution is -2.38. The van der Waals surface area contributed by atoms with Gasteiger partial charge in [-0.05, 0) is 31.0 Å². The lowest BCUT2D eigenvalue weighted by molar-refractivity contribution is 0.241. The van der Waals surface area contributed by atoms with Gasteiger partial charge in [0.1, 0.15) is 23.2 Å². The summed E-state index contributed by atoms with van der Waals surface area (Å²) in [6.07, 6.45) is 5.73. The van der Waals surface area contributed by atoms with Crippen molar-refractivity contribution in [3.05, 3.63) is 35.6 Å². The Kier molecular flexibility index (Phi) is 3.32. The molecule has 1 aliphatic heterocycles. The minimum Gasteiger partial charge on any atom is -0.510 e. The van der Waals surface area contributed by atoms with Gasteiger partial charge in [0.2, 0.25) is 0 Å². The number of benzene rings is 1. The van der Waals surface area contributed by atoms with E-state index in [-0.39, 0.29) is 11.6 Å². The number of H-pyrrole nitrogens is 1. The van der Waals surface area contributed by atoms with Gasteiger partial charge in [-0.25, -0.2) is 9.37 Å². The molecule has 23 heavy (non-hydrogen) atoms. The third-order valence-corrected chi connectivity index (χ3v) is 4.83. The smallest absolute Gasteiger partial charge is 0.145 e. The van der Waals surface area contributed by atoms with E-state index in [0.29, 0.717) is 40.9 Å². The number of nitrogens with one attached hydrogen (secondary N) is 2. The molecule has 5 nitrogen and oxygen atoms in total. The van der Waals surface area contributed by atoms with Crippen LogP contribution in [0.3, 0.4) is 0 Å². The SMILES string of the molecule is N=C1C(c2nc3ccc(F)cc3[nH]2)=C(O)CN1C1CCCCC1. The van der Waals surface area contributed by atoms with Crippen molar-refractivity contribution in [3.63, 3.8) is 0 Å². The molecule has 2 heterocycles. The lowest BCUT2D eigenvalue weighted by atomic mass is 9.94. The molecule has 0 radical (unpaired) electrons. The molecule has 6 heteroatoms. The molecule has 1 aliphatic carbocycles. The number of amidine groups is 1. The number of aromatic amines is 1. The number of nitrogens with zero attached hydrogens (tertiary/aromatic N) is 2. The number of rotatable bonds is 2. The molecule has 0 bridgehead atoms. The number of aromatic nitrogens is 2. The number of fused-ring (bicyclic) bond motifs is 1. The third kappa shape index (κ3) is 2.38. The van der Waals surface area contributed by atoms with Crippen LogP contribution < -0.4 is 0 Å². The normalized spacial score (nSPS) is 20.0. The molecule has 0 amide bonds. The highest BCUT2D eigenvalue weighted by molar-refractivity contribution is 6.23. The average molecular weight is 314 g/mol. The predicted molar refractivity (Wildman–Crippen MR) is 86.9 cm³/mol. The van der Waals surface area contributed by atoms with Gasteiger partial charge in [0.25, 0.3) is 0 Å². The molecule has 1 aromatic carbocycles. The van der Waals surface area contributed by atoms with Crippen molar-refractivity contribution < 1.29 is 9.50 Å². The molecule has 4 rings (SSSR count). The zero-order valence-corrected chi connectivity index (χ0v) is 12.8. The second kappa shape index (κ2) is 5.37. The van der Waals surface area contributed by atoms with Crippen molar-refractivity contribution in [1.29, 1.82) is 5.41 Å². The summed E-state index contributed by atoms with van der Waals surface area (Å²) in [6.45, 7) is 0.365. The second-order valence-electron chi connectivity index (χ2n) is 6.34. The molecule has 1 saturated carbocycles. The highest BCUT2D eigenvalue weighted by Gasteiger charge is 2.34. The number of imidazole rings is 1. The summed E-state index contributed by atoms with van der Waals surface area (Å²) >= 11 is 0. The monoisotopic (exact) mass is 314 g/mol. The average Bonchev–Trinajstić information content (AvgIpc) is 3.08. The van der Waals surface area contributed by atoms with Crippen LogP contribution in [0.4, 0.5) is 4.39 Å². The Labute approximate surface area is 133 Å². The Hall–Kier alpha value is -2.37. The van der Waals surface area contributed by atoms with E-state index >= 15 is 0 Å². The molecule has 0 saturated heterocycles. The van der Waals surface area contributed by atoms with Gasteiger partial charge < -0.3 is 15.0 Å². The molecule has 3 N–H and O–H groups in total. The van der Waals surface area contributed by atoms with Crippen molar-refractivity contribution in [2.75, 3.05) is 6.54 Å². The topological polar surface area (TPSA) is 76.0 Å². The van der Waals surface area contributed by atoms with E-state index in [1.165, 1.54) is 31.4 Å². The fraction of sp³-hybridized carbons (Fsp3) is 0.412. The first-order valence-corrected chi connectivity index (χ1v) is 8.07. The van der Waals surface area contributed by atoms with Gasteiger partial charge in [-0.3, -0.25) is 5.41 Å². The second-order valence-corrected chi connectivity index (χ2v) is 6.34. The first-order chi connectivity index (χ1) is 11.1. The van der Waals surface area contributed by atoms with Crippen molar-refractivity contribution in [2.45, 2.75) is 38.1 Å². The summed E-state index contributed by atoms with van der Waals surface area (Å²) in [5.74, 6) is 0.580. The minimum absolute atomic E-state index is 0.167. The quantitative estimate of drug-likeness (QED) is 0.793.